The molecule has 0 radical (unpaired) electrons. The van der Waals surface area contributed by atoms with Gasteiger partial charge >= 0.3 is 0 Å². The Bertz CT molecular complexity index is 1060. The summed E-state index contributed by atoms with van der Waals surface area (Å²) in [5.74, 6) is 0. The van der Waals surface area contributed by atoms with Gasteiger partial charge in [-0.2, -0.15) is 5.10 Å². The quantitative estimate of drug-likeness (QED) is 0.518. The predicted octanol–water partition coefficient (Wildman–Crippen LogP) is 4.49. The molecule has 0 aliphatic heterocycles. The van der Waals surface area contributed by atoms with Gasteiger partial charge in [0.2, 0.25) is 0 Å². The molecule has 2 heterocycles. The molecule has 2 aromatic heterocycles. The van der Waals surface area contributed by atoms with Crippen molar-refractivity contribution in [2.24, 2.45) is 0 Å². The molecule has 1 aliphatic rings. The lowest BCUT2D eigenvalue weighted by Crippen LogP contribution is -2.06. The van der Waals surface area contributed by atoms with Crippen molar-refractivity contribution in [3.05, 3.63) is 77.5 Å². The van der Waals surface area contributed by atoms with E-state index in [0.29, 0.717) is 0 Å². The maximum atomic E-state index is 5.05. The molecule has 0 saturated heterocycles. The van der Waals surface area contributed by atoms with Gasteiger partial charge in [-0.3, -0.25) is 0 Å². The molecule has 2 aromatic carbocycles. The van der Waals surface area contributed by atoms with Crippen LogP contribution < -0.4 is 0 Å². The Morgan fingerprint density at radius 3 is 2.50 bits per heavy atom. The number of para-hydroxylation sites is 1. The van der Waals surface area contributed by atoms with E-state index >= 15 is 0 Å². The van der Waals surface area contributed by atoms with Crippen molar-refractivity contribution in [3.8, 4) is 16.9 Å². The largest absolute Gasteiger partial charge is 0.228 e. The molecular formula is C21H17N3. The lowest BCUT2D eigenvalue weighted by molar-refractivity contribution is 0.875. The number of aromatic nitrogens is 3. The smallest absolute Gasteiger partial charge is 0.163 e. The van der Waals surface area contributed by atoms with Crippen LogP contribution in [0.1, 0.15) is 16.8 Å². The molecule has 3 heteroatoms. The fourth-order valence-corrected chi connectivity index (χ4v) is 3.64. The summed E-state index contributed by atoms with van der Waals surface area (Å²) in [6, 6.07) is 21.1. The minimum atomic E-state index is 0.939. The average Bonchev–Trinajstić information content (AvgIpc) is 2.97. The van der Waals surface area contributed by atoms with E-state index in [1.54, 1.807) is 0 Å². The summed E-state index contributed by atoms with van der Waals surface area (Å²) in [7, 11) is 0. The van der Waals surface area contributed by atoms with Crippen LogP contribution in [0.4, 0.5) is 0 Å². The third-order valence-corrected chi connectivity index (χ3v) is 4.86. The number of pyridine rings is 1. The Labute approximate surface area is 140 Å². The maximum Gasteiger partial charge on any atom is 0.163 e. The lowest BCUT2D eigenvalue weighted by Gasteiger charge is -2.19. The van der Waals surface area contributed by atoms with E-state index in [1.807, 2.05) is 22.9 Å². The van der Waals surface area contributed by atoms with Gasteiger partial charge in [-0.05, 0) is 49.1 Å². The van der Waals surface area contributed by atoms with E-state index in [-0.39, 0.29) is 0 Å². The summed E-state index contributed by atoms with van der Waals surface area (Å²) in [5.41, 5.74) is 8.11. The van der Waals surface area contributed by atoms with E-state index in [0.717, 1.165) is 41.0 Å². The minimum absolute atomic E-state index is 0.939. The standard InChI is InChI=1S/C21H17N3/c1-14-19-13-16-12-11-15-7-5-6-10-18(15)20(16)22-21(19)24(23-14)17-8-3-2-4-9-17/h2-10,13H,11-12H2,1H3. The molecule has 0 N–H and O–H groups in total. The molecule has 5 rings (SSSR count). The first kappa shape index (κ1) is 13.5. The molecule has 0 saturated carbocycles. The zero-order chi connectivity index (χ0) is 16.1. The predicted molar refractivity (Wildman–Crippen MR) is 96.4 cm³/mol. The van der Waals surface area contributed by atoms with Crippen molar-refractivity contribution in [3.63, 3.8) is 0 Å². The lowest BCUT2D eigenvalue weighted by atomic mass is 9.88. The highest BCUT2D eigenvalue weighted by atomic mass is 15.3. The summed E-state index contributed by atoms with van der Waals surface area (Å²) in [6.07, 6.45) is 2.13. The van der Waals surface area contributed by atoms with Gasteiger partial charge < -0.3 is 0 Å². The summed E-state index contributed by atoms with van der Waals surface area (Å²) < 4.78 is 1.96. The van der Waals surface area contributed by atoms with Crippen molar-refractivity contribution >= 4 is 11.0 Å². The molecule has 3 nitrogen and oxygen atoms in total. The second-order valence-corrected chi connectivity index (χ2v) is 6.36. The van der Waals surface area contributed by atoms with Gasteiger partial charge in [-0.25, -0.2) is 9.67 Å². The molecule has 0 spiro atoms. The second kappa shape index (κ2) is 5.03. The van der Waals surface area contributed by atoms with E-state index in [1.165, 1.54) is 16.7 Å². The van der Waals surface area contributed by atoms with Crippen molar-refractivity contribution < 1.29 is 0 Å². The molecule has 0 atom stereocenters. The molecule has 0 amide bonds. The molecule has 4 aromatic rings. The Hall–Kier alpha value is -2.94. The summed E-state index contributed by atoms with van der Waals surface area (Å²) in [4.78, 5) is 5.05. The second-order valence-electron chi connectivity index (χ2n) is 6.36. The molecule has 0 unspecified atom stereocenters. The molecule has 0 fully saturated rings. The highest BCUT2D eigenvalue weighted by Gasteiger charge is 2.20. The van der Waals surface area contributed by atoms with E-state index in [4.69, 9.17) is 10.1 Å². The fourth-order valence-electron chi connectivity index (χ4n) is 3.64. The first-order valence-corrected chi connectivity index (χ1v) is 8.34. The van der Waals surface area contributed by atoms with Crippen LogP contribution in [-0.4, -0.2) is 14.8 Å². The highest BCUT2D eigenvalue weighted by molar-refractivity contribution is 5.85. The van der Waals surface area contributed by atoms with Gasteiger partial charge in [-0.15, -0.1) is 0 Å². The first-order chi connectivity index (χ1) is 11.8. The third kappa shape index (κ3) is 1.91. The van der Waals surface area contributed by atoms with Gasteiger partial charge in [0.1, 0.15) is 0 Å². The molecule has 24 heavy (non-hydrogen) atoms. The number of rotatable bonds is 1. The van der Waals surface area contributed by atoms with Gasteiger partial charge in [0, 0.05) is 10.9 Å². The average molecular weight is 311 g/mol. The van der Waals surface area contributed by atoms with Crippen LogP contribution in [0.5, 0.6) is 0 Å². The number of hydrogen-bond acceptors (Lipinski definition) is 2. The Morgan fingerprint density at radius 2 is 1.62 bits per heavy atom. The van der Waals surface area contributed by atoms with Crippen LogP contribution in [0.25, 0.3) is 28.0 Å². The monoisotopic (exact) mass is 311 g/mol. The molecular weight excluding hydrogens is 294 g/mol. The van der Waals surface area contributed by atoms with Gasteiger partial charge in [0.25, 0.3) is 0 Å². The topological polar surface area (TPSA) is 30.7 Å². The van der Waals surface area contributed by atoms with Crippen LogP contribution >= 0.6 is 0 Å². The number of hydrogen-bond donors (Lipinski definition) is 0. The SMILES string of the molecule is Cc1nn(-c2ccccc2)c2nc3c(cc12)CCc1ccccc1-3. The van der Waals surface area contributed by atoms with Crippen molar-refractivity contribution in [2.75, 3.05) is 0 Å². The Balaban J connectivity index is 1.82. The van der Waals surface area contributed by atoms with E-state index in [2.05, 4.69) is 49.4 Å². The van der Waals surface area contributed by atoms with Crippen molar-refractivity contribution in [2.45, 2.75) is 19.8 Å². The van der Waals surface area contributed by atoms with Crippen LogP contribution in [0.15, 0.2) is 60.7 Å². The zero-order valence-electron chi connectivity index (χ0n) is 13.5. The Morgan fingerprint density at radius 1 is 0.875 bits per heavy atom. The molecule has 0 bridgehead atoms. The zero-order valence-corrected chi connectivity index (χ0v) is 13.5. The van der Waals surface area contributed by atoms with Gasteiger partial charge in [-0.1, -0.05) is 42.5 Å². The summed E-state index contributed by atoms with van der Waals surface area (Å²) in [6.45, 7) is 2.06. The third-order valence-electron chi connectivity index (χ3n) is 4.86. The van der Waals surface area contributed by atoms with Gasteiger partial charge in [0.05, 0.1) is 17.1 Å². The normalized spacial score (nSPS) is 12.9. The Kier molecular flexibility index (Phi) is 2.83. The maximum absolute atomic E-state index is 5.05. The van der Waals surface area contributed by atoms with E-state index in [9.17, 15) is 0 Å². The molecule has 116 valence electrons. The number of nitrogens with zero attached hydrogens (tertiary/aromatic N) is 3. The number of fused-ring (bicyclic) bond motifs is 4. The minimum Gasteiger partial charge on any atom is -0.228 e. The fraction of sp³-hybridized carbons (Fsp3) is 0.143. The van der Waals surface area contributed by atoms with Crippen molar-refractivity contribution in [1.82, 2.24) is 14.8 Å². The van der Waals surface area contributed by atoms with Crippen LogP contribution in [-0.2, 0) is 12.8 Å². The number of aryl methyl sites for hydroxylation is 3. The van der Waals surface area contributed by atoms with E-state index < -0.39 is 0 Å². The molecule has 1 aliphatic carbocycles. The van der Waals surface area contributed by atoms with Crippen molar-refractivity contribution in [1.29, 1.82) is 0 Å². The summed E-state index contributed by atoms with van der Waals surface area (Å²) >= 11 is 0. The summed E-state index contributed by atoms with van der Waals surface area (Å²) in [5, 5.41) is 5.89. The van der Waals surface area contributed by atoms with Crippen LogP contribution in [0.2, 0.25) is 0 Å². The highest BCUT2D eigenvalue weighted by Crippen LogP contribution is 2.34. The number of benzene rings is 2. The van der Waals surface area contributed by atoms with Crippen LogP contribution in [0, 0.1) is 6.92 Å². The first-order valence-electron chi connectivity index (χ1n) is 8.34. The van der Waals surface area contributed by atoms with Gasteiger partial charge in [0.15, 0.2) is 5.65 Å². The van der Waals surface area contributed by atoms with Crippen LogP contribution in [0.3, 0.4) is 0 Å².